The Kier molecular flexibility index (Phi) is 6.47. The molecule has 0 fully saturated rings. The molecule has 3 rings (SSSR count). The van der Waals surface area contributed by atoms with Crippen LogP contribution in [0.15, 0.2) is 34.8 Å². The molecule has 0 bridgehead atoms. The van der Waals surface area contributed by atoms with Gasteiger partial charge in [0.05, 0.1) is 26.4 Å². The summed E-state index contributed by atoms with van der Waals surface area (Å²) in [6, 6.07) is 7.01. The SMILES string of the molecule is CCn1c(SCC(=O)Nc2c(Cl)cc(Cl)cc2Cl)nnc1-c1cccs1. The fraction of sp³-hybridized carbons (Fsp3) is 0.188. The number of rotatable bonds is 6. The van der Waals surface area contributed by atoms with Crippen molar-refractivity contribution in [3.63, 3.8) is 0 Å². The van der Waals surface area contributed by atoms with Gasteiger partial charge in [-0.05, 0) is 30.5 Å². The molecular formula is C16H13Cl3N4OS2. The fourth-order valence-electron chi connectivity index (χ4n) is 2.24. The number of benzene rings is 1. The molecule has 5 nitrogen and oxygen atoms in total. The molecule has 2 heterocycles. The lowest BCUT2D eigenvalue weighted by molar-refractivity contribution is -0.113. The second kappa shape index (κ2) is 8.63. The minimum atomic E-state index is -0.246. The Morgan fingerprint density at radius 1 is 1.27 bits per heavy atom. The zero-order valence-corrected chi connectivity index (χ0v) is 17.4. The number of halogens is 3. The van der Waals surface area contributed by atoms with Gasteiger partial charge in [-0.2, -0.15) is 0 Å². The molecule has 0 aliphatic carbocycles. The minimum absolute atomic E-state index is 0.151. The maximum absolute atomic E-state index is 12.3. The normalized spacial score (nSPS) is 10.9. The molecule has 0 spiro atoms. The Bertz CT molecular complexity index is 905. The van der Waals surface area contributed by atoms with Gasteiger partial charge >= 0.3 is 0 Å². The summed E-state index contributed by atoms with van der Waals surface area (Å²) in [5.41, 5.74) is 0.347. The van der Waals surface area contributed by atoms with E-state index in [1.165, 1.54) is 23.9 Å². The molecular weight excluding hydrogens is 435 g/mol. The molecule has 10 heteroatoms. The summed E-state index contributed by atoms with van der Waals surface area (Å²) in [5, 5.41) is 14.8. The number of anilines is 1. The smallest absolute Gasteiger partial charge is 0.234 e. The summed E-state index contributed by atoms with van der Waals surface area (Å²) < 4.78 is 1.98. The zero-order chi connectivity index (χ0) is 18.7. The van der Waals surface area contributed by atoms with E-state index < -0.39 is 0 Å². The molecule has 136 valence electrons. The van der Waals surface area contributed by atoms with Crippen LogP contribution < -0.4 is 5.32 Å². The van der Waals surface area contributed by atoms with E-state index in [2.05, 4.69) is 15.5 Å². The van der Waals surface area contributed by atoms with Gasteiger partial charge in [-0.3, -0.25) is 4.79 Å². The number of thiophene rings is 1. The molecule has 1 N–H and O–H groups in total. The highest BCUT2D eigenvalue weighted by atomic mass is 35.5. The van der Waals surface area contributed by atoms with Gasteiger partial charge in [-0.25, -0.2) is 0 Å². The first-order valence-electron chi connectivity index (χ1n) is 7.54. The molecule has 0 saturated carbocycles. The lowest BCUT2D eigenvalue weighted by atomic mass is 10.3. The van der Waals surface area contributed by atoms with E-state index in [4.69, 9.17) is 34.8 Å². The molecule has 3 aromatic rings. The minimum Gasteiger partial charge on any atom is -0.323 e. The van der Waals surface area contributed by atoms with Gasteiger partial charge in [0.2, 0.25) is 5.91 Å². The molecule has 0 radical (unpaired) electrons. The van der Waals surface area contributed by atoms with Crippen molar-refractivity contribution in [2.75, 3.05) is 11.1 Å². The third kappa shape index (κ3) is 4.35. The molecule has 1 aromatic carbocycles. The quantitative estimate of drug-likeness (QED) is 0.491. The number of hydrogen-bond acceptors (Lipinski definition) is 5. The van der Waals surface area contributed by atoms with E-state index in [0.29, 0.717) is 22.4 Å². The molecule has 0 saturated heterocycles. The van der Waals surface area contributed by atoms with Crippen molar-refractivity contribution in [1.82, 2.24) is 14.8 Å². The van der Waals surface area contributed by atoms with E-state index in [9.17, 15) is 4.79 Å². The van der Waals surface area contributed by atoms with Crippen LogP contribution in [0.4, 0.5) is 5.69 Å². The lowest BCUT2D eigenvalue weighted by Gasteiger charge is -2.10. The third-order valence-electron chi connectivity index (χ3n) is 3.38. The number of hydrogen-bond donors (Lipinski definition) is 1. The van der Waals surface area contributed by atoms with Crippen LogP contribution >= 0.6 is 57.9 Å². The van der Waals surface area contributed by atoms with E-state index in [1.807, 2.05) is 29.0 Å². The Morgan fingerprint density at radius 2 is 2.00 bits per heavy atom. The monoisotopic (exact) mass is 446 g/mol. The third-order valence-corrected chi connectivity index (χ3v) is 6.03. The number of amides is 1. The summed E-state index contributed by atoms with van der Waals surface area (Å²) >= 11 is 21.0. The lowest BCUT2D eigenvalue weighted by Crippen LogP contribution is -2.15. The highest BCUT2D eigenvalue weighted by molar-refractivity contribution is 7.99. The largest absolute Gasteiger partial charge is 0.323 e. The van der Waals surface area contributed by atoms with E-state index >= 15 is 0 Å². The van der Waals surface area contributed by atoms with Crippen LogP contribution in [0.1, 0.15) is 6.92 Å². The van der Waals surface area contributed by atoms with Crippen LogP contribution in [0.25, 0.3) is 10.7 Å². The van der Waals surface area contributed by atoms with Crippen molar-refractivity contribution < 1.29 is 4.79 Å². The van der Waals surface area contributed by atoms with Gasteiger partial charge in [0.15, 0.2) is 11.0 Å². The van der Waals surface area contributed by atoms with Gasteiger partial charge in [0, 0.05) is 11.6 Å². The first-order chi connectivity index (χ1) is 12.5. The summed E-state index contributed by atoms with van der Waals surface area (Å²) in [6.45, 7) is 2.72. The van der Waals surface area contributed by atoms with Gasteiger partial charge in [0.25, 0.3) is 0 Å². The number of nitrogens with one attached hydrogen (secondary N) is 1. The van der Waals surface area contributed by atoms with Gasteiger partial charge in [-0.15, -0.1) is 21.5 Å². The Labute approximate surface area is 173 Å². The van der Waals surface area contributed by atoms with E-state index in [1.54, 1.807) is 11.3 Å². The Balaban J connectivity index is 1.69. The van der Waals surface area contributed by atoms with Crippen molar-refractivity contribution in [1.29, 1.82) is 0 Å². The van der Waals surface area contributed by atoms with E-state index in [-0.39, 0.29) is 21.7 Å². The molecule has 0 atom stereocenters. The van der Waals surface area contributed by atoms with Crippen molar-refractivity contribution in [3.8, 4) is 10.7 Å². The first kappa shape index (κ1) is 19.5. The average molecular weight is 448 g/mol. The number of aromatic nitrogens is 3. The highest BCUT2D eigenvalue weighted by Gasteiger charge is 2.16. The standard InChI is InChI=1S/C16H13Cl3N4OS2/c1-2-23-15(12-4-3-5-25-12)21-22-16(23)26-8-13(24)20-14-10(18)6-9(17)7-11(14)19/h3-7H,2,8H2,1H3,(H,20,24). The average Bonchev–Trinajstić information content (AvgIpc) is 3.24. The van der Waals surface area contributed by atoms with E-state index in [0.717, 1.165) is 10.7 Å². The zero-order valence-electron chi connectivity index (χ0n) is 13.5. The maximum Gasteiger partial charge on any atom is 0.234 e. The molecule has 0 aliphatic rings. The fourth-order valence-corrected chi connectivity index (χ4v) is 4.67. The van der Waals surface area contributed by atoms with Gasteiger partial charge in [0.1, 0.15) is 0 Å². The molecule has 1 amide bonds. The highest BCUT2D eigenvalue weighted by Crippen LogP contribution is 2.34. The van der Waals surface area contributed by atoms with Crippen molar-refractivity contribution in [2.45, 2.75) is 18.6 Å². The number of thioether (sulfide) groups is 1. The Hall–Kier alpha value is -1.25. The summed E-state index contributed by atoms with van der Waals surface area (Å²) in [5.74, 6) is 0.705. The van der Waals surface area contributed by atoms with Crippen LogP contribution in [0.2, 0.25) is 15.1 Å². The first-order valence-corrected chi connectivity index (χ1v) is 10.5. The molecule has 26 heavy (non-hydrogen) atoms. The molecule has 0 unspecified atom stereocenters. The second-order valence-electron chi connectivity index (χ2n) is 5.11. The molecule has 0 aliphatic heterocycles. The van der Waals surface area contributed by atoms with Crippen LogP contribution in [0.5, 0.6) is 0 Å². The van der Waals surface area contributed by atoms with Crippen molar-refractivity contribution in [3.05, 3.63) is 44.7 Å². The summed E-state index contributed by atoms with van der Waals surface area (Å²) in [6.07, 6.45) is 0. The predicted molar refractivity (Wildman–Crippen MR) is 110 cm³/mol. The number of carbonyl (C=O) groups excluding carboxylic acids is 1. The van der Waals surface area contributed by atoms with Crippen LogP contribution in [0, 0.1) is 0 Å². The predicted octanol–water partition coefficient (Wildman–Crippen LogP) is 5.72. The molecule has 2 aromatic heterocycles. The second-order valence-corrected chi connectivity index (χ2v) is 8.25. The summed E-state index contributed by atoms with van der Waals surface area (Å²) in [4.78, 5) is 13.3. The van der Waals surface area contributed by atoms with Crippen LogP contribution in [-0.4, -0.2) is 26.4 Å². The summed E-state index contributed by atoms with van der Waals surface area (Å²) in [7, 11) is 0. The maximum atomic E-state index is 12.3. The topological polar surface area (TPSA) is 59.8 Å². The van der Waals surface area contributed by atoms with Crippen molar-refractivity contribution >= 4 is 69.5 Å². The number of carbonyl (C=O) groups is 1. The number of nitrogens with zero attached hydrogens (tertiary/aromatic N) is 3. The Morgan fingerprint density at radius 3 is 2.62 bits per heavy atom. The van der Waals surface area contributed by atoms with Crippen LogP contribution in [0.3, 0.4) is 0 Å². The van der Waals surface area contributed by atoms with Gasteiger partial charge in [-0.1, -0.05) is 52.6 Å². The van der Waals surface area contributed by atoms with Gasteiger partial charge < -0.3 is 9.88 Å². The van der Waals surface area contributed by atoms with Crippen LogP contribution in [-0.2, 0) is 11.3 Å². The van der Waals surface area contributed by atoms with Crippen molar-refractivity contribution in [2.24, 2.45) is 0 Å².